The van der Waals surface area contributed by atoms with E-state index in [9.17, 15) is 0 Å². The van der Waals surface area contributed by atoms with Gasteiger partial charge in [0.25, 0.3) is 0 Å². The van der Waals surface area contributed by atoms with Gasteiger partial charge in [-0.1, -0.05) is 33.1 Å². The largest absolute Gasteiger partial charge is 0.158 e. The van der Waals surface area contributed by atoms with Gasteiger partial charge in [0.1, 0.15) is 0 Å². The third-order valence-corrected chi connectivity index (χ3v) is 4.37. The molecule has 0 amide bonds. The van der Waals surface area contributed by atoms with Crippen molar-refractivity contribution in [3.8, 4) is 0 Å². The van der Waals surface area contributed by atoms with Gasteiger partial charge < -0.3 is 0 Å². The van der Waals surface area contributed by atoms with Crippen LogP contribution in [0.1, 0.15) is 52.4 Å². The van der Waals surface area contributed by atoms with Crippen molar-refractivity contribution in [3.05, 3.63) is 0 Å². The Labute approximate surface area is 81.5 Å². The normalized spacial score (nSPS) is 29.5. The van der Waals surface area contributed by atoms with E-state index in [0.717, 1.165) is 11.2 Å². The van der Waals surface area contributed by atoms with Crippen molar-refractivity contribution < 1.29 is 0 Å². The molecule has 2 atom stereocenters. The maximum Gasteiger partial charge on any atom is 0.00756 e. The van der Waals surface area contributed by atoms with Crippen LogP contribution in [0.2, 0.25) is 0 Å². The van der Waals surface area contributed by atoms with Crippen molar-refractivity contribution in [2.75, 3.05) is 5.75 Å². The standard InChI is InChI=1S/C11H22S/c1-3-5-7-11-10(6-4-2)8-9-12-11/h10-11H,3-9H2,1-2H3. The molecule has 1 aliphatic heterocycles. The van der Waals surface area contributed by atoms with Gasteiger partial charge in [-0.25, -0.2) is 0 Å². The Morgan fingerprint density at radius 2 is 2.00 bits per heavy atom. The molecule has 0 aromatic heterocycles. The minimum Gasteiger partial charge on any atom is -0.158 e. The van der Waals surface area contributed by atoms with Crippen LogP contribution in [0.25, 0.3) is 0 Å². The Morgan fingerprint density at radius 1 is 1.17 bits per heavy atom. The van der Waals surface area contributed by atoms with Crippen LogP contribution in [-0.4, -0.2) is 11.0 Å². The molecule has 0 N–H and O–H groups in total. The molecule has 2 unspecified atom stereocenters. The Hall–Kier alpha value is 0.350. The third kappa shape index (κ3) is 3.01. The zero-order valence-corrected chi connectivity index (χ0v) is 9.33. The van der Waals surface area contributed by atoms with E-state index in [-0.39, 0.29) is 0 Å². The molecule has 72 valence electrons. The molecule has 1 heteroatoms. The summed E-state index contributed by atoms with van der Waals surface area (Å²) in [6, 6.07) is 0. The minimum atomic E-state index is 1.02. The summed E-state index contributed by atoms with van der Waals surface area (Å²) in [5.74, 6) is 2.49. The van der Waals surface area contributed by atoms with Crippen LogP contribution < -0.4 is 0 Å². The Bertz CT molecular complexity index is 112. The van der Waals surface area contributed by atoms with E-state index < -0.39 is 0 Å². The van der Waals surface area contributed by atoms with E-state index in [1.807, 2.05) is 0 Å². The summed E-state index contributed by atoms with van der Waals surface area (Å²) < 4.78 is 0. The van der Waals surface area contributed by atoms with Gasteiger partial charge in [0.15, 0.2) is 0 Å². The minimum absolute atomic E-state index is 1.02. The second-order valence-electron chi connectivity index (χ2n) is 3.89. The van der Waals surface area contributed by atoms with E-state index in [2.05, 4.69) is 25.6 Å². The average molecular weight is 186 g/mol. The summed E-state index contributed by atoms with van der Waals surface area (Å²) in [7, 11) is 0. The molecule has 0 aliphatic carbocycles. The number of hydrogen-bond acceptors (Lipinski definition) is 1. The highest BCUT2D eigenvalue weighted by Crippen LogP contribution is 2.37. The molecule has 1 saturated heterocycles. The summed E-state index contributed by atoms with van der Waals surface area (Å²) in [5, 5.41) is 1.02. The first-order valence-electron chi connectivity index (χ1n) is 5.50. The molecule has 0 saturated carbocycles. The second kappa shape index (κ2) is 5.90. The molecule has 1 heterocycles. The maximum atomic E-state index is 2.32. The summed E-state index contributed by atoms with van der Waals surface area (Å²) in [6.07, 6.45) is 8.64. The van der Waals surface area contributed by atoms with Crippen molar-refractivity contribution in [2.45, 2.75) is 57.6 Å². The van der Waals surface area contributed by atoms with E-state index in [1.165, 1.54) is 44.3 Å². The zero-order chi connectivity index (χ0) is 8.81. The Kier molecular flexibility index (Phi) is 5.13. The van der Waals surface area contributed by atoms with Gasteiger partial charge in [-0.3, -0.25) is 0 Å². The van der Waals surface area contributed by atoms with Crippen molar-refractivity contribution in [1.82, 2.24) is 0 Å². The van der Waals surface area contributed by atoms with Crippen LogP contribution in [0, 0.1) is 5.92 Å². The molecular formula is C11H22S. The molecule has 1 fully saturated rings. The molecule has 0 radical (unpaired) electrons. The molecule has 0 aromatic rings. The van der Waals surface area contributed by atoms with Crippen molar-refractivity contribution in [2.24, 2.45) is 5.92 Å². The first-order valence-corrected chi connectivity index (χ1v) is 6.55. The van der Waals surface area contributed by atoms with Gasteiger partial charge in [0, 0.05) is 5.25 Å². The van der Waals surface area contributed by atoms with Crippen LogP contribution >= 0.6 is 11.8 Å². The topological polar surface area (TPSA) is 0 Å². The smallest absolute Gasteiger partial charge is 0.00756 e. The Balaban J connectivity index is 2.20. The molecular weight excluding hydrogens is 164 g/mol. The zero-order valence-electron chi connectivity index (χ0n) is 8.51. The number of thioether (sulfide) groups is 1. The molecule has 0 bridgehead atoms. The quantitative estimate of drug-likeness (QED) is 0.623. The SMILES string of the molecule is CCCCC1SCCC1CCC. The number of rotatable bonds is 5. The average Bonchev–Trinajstić information content (AvgIpc) is 2.50. The fraction of sp³-hybridized carbons (Fsp3) is 1.00. The van der Waals surface area contributed by atoms with Crippen molar-refractivity contribution in [3.63, 3.8) is 0 Å². The van der Waals surface area contributed by atoms with Gasteiger partial charge in [-0.15, -0.1) is 0 Å². The predicted molar refractivity (Wildman–Crippen MR) is 58.8 cm³/mol. The molecule has 1 rings (SSSR count). The first kappa shape index (κ1) is 10.4. The van der Waals surface area contributed by atoms with Crippen molar-refractivity contribution >= 4 is 11.8 Å². The molecule has 0 aromatic carbocycles. The van der Waals surface area contributed by atoms with Crippen LogP contribution in [0.3, 0.4) is 0 Å². The van der Waals surface area contributed by atoms with E-state index in [4.69, 9.17) is 0 Å². The summed E-state index contributed by atoms with van der Waals surface area (Å²) >= 11 is 2.23. The van der Waals surface area contributed by atoms with E-state index in [0.29, 0.717) is 0 Å². The highest BCUT2D eigenvalue weighted by Gasteiger charge is 2.25. The summed E-state index contributed by atoms with van der Waals surface area (Å²) in [5.41, 5.74) is 0. The molecule has 1 aliphatic rings. The lowest BCUT2D eigenvalue weighted by Gasteiger charge is -2.17. The van der Waals surface area contributed by atoms with Crippen LogP contribution in [0.15, 0.2) is 0 Å². The van der Waals surface area contributed by atoms with Crippen LogP contribution in [-0.2, 0) is 0 Å². The monoisotopic (exact) mass is 186 g/mol. The highest BCUT2D eigenvalue weighted by atomic mass is 32.2. The summed E-state index contributed by atoms with van der Waals surface area (Å²) in [6.45, 7) is 4.62. The van der Waals surface area contributed by atoms with E-state index in [1.54, 1.807) is 0 Å². The van der Waals surface area contributed by atoms with Gasteiger partial charge >= 0.3 is 0 Å². The third-order valence-electron chi connectivity index (χ3n) is 2.85. The van der Waals surface area contributed by atoms with Gasteiger partial charge in [0.2, 0.25) is 0 Å². The maximum absolute atomic E-state index is 2.32. The lowest BCUT2D eigenvalue weighted by molar-refractivity contribution is 0.446. The Morgan fingerprint density at radius 3 is 2.67 bits per heavy atom. The highest BCUT2D eigenvalue weighted by molar-refractivity contribution is 8.00. The van der Waals surface area contributed by atoms with Crippen LogP contribution in [0.5, 0.6) is 0 Å². The van der Waals surface area contributed by atoms with E-state index >= 15 is 0 Å². The fourth-order valence-electron chi connectivity index (χ4n) is 2.12. The van der Waals surface area contributed by atoms with Gasteiger partial charge in [-0.2, -0.15) is 11.8 Å². The van der Waals surface area contributed by atoms with Gasteiger partial charge in [-0.05, 0) is 30.9 Å². The molecule has 0 spiro atoms. The van der Waals surface area contributed by atoms with Crippen molar-refractivity contribution in [1.29, 1.82) is 0 Å². The first-order chi connectivity index (χ1) is 5.88. The number of unbranched alkanes of at least 4 members (excludes halogenated alkanes) is 1. The molecule has 12 heavy (non-hydrogen) atoms. The van der Waals surface area contributed by atoms with Gasteiger partial charge in [0.05, 0.1) is 0 Å². The van der Waals surface area contributed by atoms with Crippen LogP contribution in [0.4, 0.5) is 0 Å². The fourth-order valence-corrected chi connectivity index (χ4v) is 3.74. The predicted octanol–water partition coefficient (Wildman–Crippen LogP) is 4.10. The molecule has 0 nitrogen and oxygen atoms in total. The summed E-state index contributed by atoms with van der Waals surface area (Å²) in [4.78, 5) is 0. The second-order valence-corrected chi connectivity index (χ2v) is 5.24. The lowest BCUT2D eigenvalue weighted by atomic mass is 9.94. The lowest BCUT2D eigenvalue weighted by Crippen LogP contribution is -2.10. The number of hydrogen-bond donors (Lipinski definition) is 0.